The number of piperazine rings is 1. The SMILES string of the molecule is CCCc1nc(C)c2c(=O)[nH]c(-c3cc(S(=O)(=O)N4CCN(CC)CC4)ccc3CCO)nn12. The second-order valence-electron chi connectivity index (χ2n) is 8.56. The quantitative estimate of drug-likeness (QED) is 0.488. The number of hydrogen-bond acceptors (Lipinski definition) is 7. The van der Waals surface area contributed by atoms with Crippen LogP contribution < -0.4 is 5.56 Å². The molecule has 0 amide bonds. The van der Waals surface area contributed by atoms with E-state index < -0.39 is 10.0 Å². The number of sulfonamides is 1. The first-order valence-electron chi connectivity index (χ1n) is 11.7. The summed E-state index contributed by atoms with van der Waals surface area (Å²) in [4.78, 5) is 22.6. The van der Waals surface area contributed by atoms with Crippen LogP contribution in [0.5, 0.6) is 0 Å². The summed E-state index contributed by atoms with van der Waals surface area (Å²) in [5.74, 6) is 0.937. The van der Waals surface area contributed by atoms with Crippen molar-refractivity contribution in [2.45, 2.75) is 44.9 Å². The lowest BCUT2D eigenvalue weighted by Gasteiger charge is -2.33. The Labute approximate surface area is 199 Å². The Kier molecular flexibility index (Phi) is 7.17. The highest BCUT2D eigenvalue weighted by Gasteiger charge is 2.29. The summed E-state index contributed by atoms with van der Waals surface area (Å²) in [5.41, 5.74) is 1.83. The van der Waals surface area contributed by atoms with Gasteiger partial charge in [-0.15, -0.1) is 5.10 Å². The van der Waals surface area contributed by atoms with Crippen molar-refractivity contribution in [2.24, 2.45) is 0 Å². The number of aromatic nitrogens is 4. The van der Waals surface area contributed by atoms with E-state index in [1.807, 2.05) is 6.92 Å². The first-order chi connectivity index (χ1) is 16.3. The fraction of sp³-hybridized carbons (Fsp3) is 0.522. The molecule has 0 unspecified atom stereocenters. The van der Waals surface area contributed by atoms with E-state index in [1.165, 1.54) is 4.31 Å². The molecule has 3 heterocycles. The number of likely N-dealkylation sites (N-methyl/N-ethyl adjacent to an activating group) is 1. The molecule has 1 aliphatic rings. The predicted octanol–water partition coefficient (Wildman–Crippen LogP) is 1.21. The molecule has 1 saturated heterocycles. The van der Waals surface area contributed by atoms with Crippen LogP contribution in [0.15, 0.2) is 27.9 Å². The molecule has 1 fully saturated rings. The van der Waals surface area contributed by atoms with E-state index >= 15 is 0 Å². The van der Waals surface area contributed by atoms with Crippen molar-refractivity contribution < 1.29 is 13.5 Å². The van der Waals surface area contributed by atoms with Crippen molar-refractivity contribution in [3.05, 3.63) is 45.6 Å². The molecule has 0 radical (unpaired) electrons. The number of aliphatic hydroxyl groups excluding tert-OH is 1. The summed E-state index contributed by atoms with van der Waals surface area (Å²) in [6.45, 7) is 8.88. The summed E-state index contributed by atoms with van der Waals surface area (Å²) in [6, 6.07) is 4.81. The zero-order chi connectivity index (χ0) is 24.5. The number of aryl methyl sites for hydroxylation is 2. The first-order valence-corrected chi connectivity index (χ1v) is 13.2. The van der Waals surface area contributed by atoms with Crippen molar-refractivity contribution in [2.75, 3.05) is 39.3 Å². The molecule has 3 aromatic rings. The highest BCUT2D eigenvalue weighted by molar-refractivity contribution is 7.89. The van der Waals surface area contributed by atoms with Gasteiger partial charge in [0.2, 0.25) is 10.0 Å². The average molecular weight is 489 g/mol. The van der Waals surface area contributed by atoms with E-state index in [4.69, 9.17) is 0 Å². The largest absolute Gasteiger partial charge is 0.396 e. The van der Waals surface area contributed by atoms with E-state index in [2.05, 4.69) is 26.9 Å². The fourth-order valence-corrected chi connectivity index (χ4v) is 5.90. The maximum absolute atomic E-state index is 13.4. The summed E-state index contributed by atoms with van der Waals surface area (Å²) in [6.07, 6.45) is 1.81. The number of benzene rings is 1. The molecule has 1 aliphatic heterocycles. The normalized spacial score (nSPS) is 15.9. The van der Waals surface area contributed by atoms with Gasteiger partial charge in [-0.1, -0.05) is 19.9 Å². The molecular weight excluding hydrogens is 456 g/mol. The number of hydrogen-bond donors (Lipinski definition) is 2. The van der Waals surface area contributed by atoms with Crippen LogP contribution in [0, 0.1) is 6.92 Å². The van der Waals surface area contributed by atoms with Crippen LogP contribution in [0.1, 0.15) is 37.4 Å². The summed E-state index contributed by atoms with van der Waals surface area (Å²) >= 11 is 0. The van der Waals surface area contributed by atoms with E-state index in [0.717, 1.165) is 13.0 Å². The fourth-order valence-electron chi connectivity index (χ4n) is 4.45. The minimum atomic E-state index is -3.72. The van der Waals surface area contributed by atoms with Gasteiger partial charge in [-0.05, 0) is 44.0 Å². The Balaban J connectivity index is 1.82. The number of imidazole rings is 1. The van der Waals surface area contributed by atoms with Gasteiger partial charge >= 0.3 is 0 Å². The Hall–Kier alpha value is -2.60. The third-order valence-corrected chi connectivity index (χ3v) is 8.24. The number of nitrogens with zero attached hydrogens (tertiary/aromatic N) is 5. The lowest BCUT2D eigenvalue weighted by Crippen LogP contribution is -2.48. The Morgan fingerprint density at radius 2 is 1.85 bits per heavy atom. The third-order valence-electron chi connectivity index (χ3n) is 6.35. The number of rotatable bonds is 8. The van der Waals surface area contributed by atoms with Gasteiger partial charge in [-0.2, -0.15) is 4.31 Å². The van der Waals surface area contributed by atoms with Crippen LogP contribution in [0.25, 0.3) is 16.9 Å². The topological polar surface area (TPSA) is 124 Å². The Bertz CT molecular complexity index is 1340. The second-order valence-corrected chi connectivity index (χ2v) is 10.5. The first kappa shape index (κ1) is 24.5. The van der Waals surface area contributed by atoms with E-state index in [0.29, 0.717) is 67.2 Å². The molecule has 0 spiro atoms. The summed E-state index contributed by atoms with van der Waals surface area (Å²) in [7, 11) is -3.72. The van der Waals surface area contributed by atoms with Gasteiger partial charge in [0.15, 0.2) is 11.3 Å². The minimum absolute atomic E-state index is 0.115. The number of aromatic amines is 1. The highest BCUT2D eigenvalue weighted by Crippen LogP contribution is 2.27. The van der Waals surface area contributed by atoms with Crippen molar-refractivity contribution in [3.8, 4) is 11.4 Å². The second kappa shape index (κ2) is 9.95. The molecule has 184 valence electrons. The molecule has 0 atom stereocenters. The number of H-pyrrole nitrogens is 1. The van der Waals surface area contributed by atoms with Crippen LogP contribution in [0.2, 0.25) is 0 Å². The van der Waals surface area contributed by atoms with Crippen molar-refractivity contribution in [1.82, 2.24) is 28.8 Å². The lowest BCUT2D eigenvalue weighted by molar-refractivity contribution is 0.196. The van der Waals surface area contributed by atoms with Crippen LogP contribution in [0.4, 0.5) is 0 Å². The molecule has 0 bridgehead atoms. The molecular formula is C23H32N6O4S. The minimum Gasteiger partial charge on any atom is -0.396 e. The molecule has 2 N–H and O–H groups in total. The average Bonchev–Trinajstić information content (AvgIpc) is 3.15. The van der Waals surface area contributed by atoms with Gasteiger partial charge in [-0.25, -0.2) is 17.9 Å². The summed E-state index contributed by atoms with van der Waals surface area (Å²) in [5, 5.41) is 14.2. The number of aliphatic hydroxyl groups is 1. The zero-order valence-corrected chi connectivity index (χ0v) is 20.7. The van der Waals surface area contributed by atoms with Crippen molar-refractivity contribution >= 4 is 15.5 Å². The van der Waals surface area contributed by atoms with Gasteiger partial charge in [0.1, 0.15) is 5.82 Å². The molecule has 2 aromatic heterocycles. The van der Waals surface area contributed by atoms with Crippen molar-refractivity contribution in [3.63, 3.8) is 0 Å². The van der Waals surface area contributed by atoms with Crippen molar-refractivity contribution in [1.29, 1.82) is 0 Å². The van der Waals surface area contributed by atoms with Crippen LogP contribution in [-0.4, -0.2) is 81.6 Å². The standard InChI is InChI=1S/C23H32N6O4S/c1-4-6-20-24-16(3)21-23(31)25-22(26-29(20)21)19-15-18(8-7-17(19)9-14-30)34(32,33)28-12-10-27(5-2)11-13-28/h7-8,15,30H,4-6,9-14H2,1-3H3,(H,25,26,31). The Morgan fingerprint density at radius 3 is 2.50 bits per heavy atom. The molecule has 1 aromatic carbocycles. The molecule has 0 saturated carbocycles. The highest BCUT2D eigenvalue weighted by atomic mass is 32.2. The lowest BCUT2D eigenvalue weighted by atomic mass is 10.0. The molecule has 34 heavy (non-hydrogen) atoms. The monoisotopic (exact) mass is 488 g/mol. The number of nitrogens with one attached hydrogen (secondary N) is 1. The predicted molar refractivity (Wildman–Crippen MR) is 129 cm³/mol. The zero-order valence-electron chi connectivity index (χ0n) is 19.9. The van der Waals surface area contributed by atoms with E-state index in [9.17, 15) is 18.3 Å². The van der Waals surface area contributed by atoms with Crippen LogP contribution in [-0.2, 0) is 22.9 Å². The third kappa shape index (κ3) is 4.52. The molecule has 4 rings (SSSR count). The van der Waals surface area contributed by atoms with Gasteiger partial charge in [0, 0.05) is 44.8 Å². The van der Waals surface area contributed by atoms with Gasteiger partial charge < -0.3 is 15.0 Å². The van der Waals surface area contributed by atoms with Gasteiger partial charge in [-0.3, -0.25) is 4.79 Å². The molecule has 0 aliphatic carbocycles. The van der Waals surface area contributed by atoms with Gasteiger partial charge in [0.05, 0.1) is 10.6 Å². The molecule has 10 nitrogen and oxygen atoms in total. The maximum atomic E-state index is 13.4. The summed E-state index contributed by atoms with van der Waals surface area (Å²) < 4.78 is 29.9. The van der Waals surface area contributed by atoms with E-state index in [-0.39, 0.29) is 22.9 Å². The Morgan fingerprint density at radius 1 is 1.12 bits per heavy atom. The van der Waals surface area contributed by atoms with Gasteiger partial charge in [0.25, 0.3) is 5.56 Å². The van der Waals surface area contributed by atoms with Crippen LogP contribution in [0.3, 0.4) is 0 Å². The van der Waals surface area contributed by atoms with E-state index in [1.54, 1.807) is 29.6 Å². The number of fused-ring (bicyclic) bond motifs is 1. The smallest absolute Gasteiger partial charge is 0.277 e. The van der Waals surface area contributed by atoms with Crippen LogP contribution >= 0.6 is 0 Å². The molecule has 11 heteroatoms. The maximum Gasteiger partial charge on any atom is 0.277 e.